The maximum atomic E-state index is 13.6. The molecule has 0 saturated carbocycles. The fourth-order valence-corrected chi connectivity index (χ4v) is 4.96. The summed E-state index contributed by atoms with van der Waals surface area (Å²) in [6.45, 7) is 3.81. The summed E-state index contributed by atoms with van der Waals surface area (Å²) in [6.07, 6.45) is 0. The molecule has 27 heavy (non-hydrogen) atoms. The summed E-state index contributed by atoms with van der Waals surface area (Å²) in [7, 11) is -2.36. The van der Waals surface area contributed by atoms with Crippen LogP contribution in [0.3, 0.4) is 0 Å². The minimum Gasteiger partial charge on any atom is -0.504 e. The molecule has 0 fully saturated rings. The SMILES string of the molecule is COc1cccc(C(c2cccc(C)c2)S(=O)(=O)c2ccc(C)cc2)c1O. The first kappa shape index (κ1) is 19.0. The molecular formula is C22H22O4S. The van der Waals surface area contributed by atoms with Crippen LogP contribution in [0.5, 0.6) is 11.5 Å². The minimum absolute atomic E-state index is 0.165. The van der Waals surface area contributed by atoms with E-state index in [1.165, 1.54) is 7.11 Å². The summed E-state index contributed by atoms with van der Waals surface area (Å²) >= 11 is 0. The molecule has 140 valence electrons. The van der Waals surface area contributed by atoms with Crippen LogP contribution in [0.1, 0.15) is 27.5 Å². The Morgan fingerprint density at radius 1 is 0.889 bits per heavy atom. The first-order valence-corrected chi connectivity index (χ1v) is 10.1. The average molecular weight is 382 g/mol. The molecule has 3 aromatic rings. The lowest BCUT2D eigenvalue weighted by molar-refractivity contribution is 0.370. The van der Waals surface area contributed by atoms with E-state index in [2.05, 4.69) is 0 Å². The Morgan fingerprint density at radius 3 is 2.19 bits per heavy atom. The molecule has 0 saturated heterocycles. The molecular weight excluding hydrogens is 360 g/mol. The van der Waals surface area contributed by atoms with Crippen LogP contribution in [-0.2, 0) is 9.84 Å². The van der Waals surface area contributed by atoms with Gasteiger partial charge in [-0.25, -0.2) is 8.42 Å². The molecule has 0 amide bonds. The van der Waals surface area contributed by atoms with Crippen molar-refractivity contribution in [3.05, 3.63) is 89.0 Å². The molecule has 1 atom stereocenters. The van der Waals surface area contributed by atoms with Crippen LogP contribution in [0.15, 0.2) is 71.6 Å². The summed E-state index contributed by atoms with van der Waals surface area (Å²) in [5, 5.41) is 9.61. The molecule has 3 aromatic carbocycles. The zero-order valence-electron chi connectivity index (χ0n) is 15.5. The molecule has 4 nitrogen and oxygen atoms in total. The third-order valence-corrected chi connectivity index (χ3v) is 6.61. The predicted molar refractivity (Wildman–Crippen MR) is 106 cm³/mol. The highest BCUT2D eigenvalue weighted by molar-refractivity contribution is 7.92. The monoisotopic (exact) mass is 382 g/mol. The van der Waals surface area contributed by atoms with Crippen molar-refractivity contribution < 1.29 is 18.3 Å². The van der Waals surface area contributed by atoms with E-state index in [0.29, 0.717) is 11.1 Å². The van der Waals surface area contributed by atoms with Gasteiger partial charge in [-0.05, 0) is 37.6 Å². The number of methoxy groups -OCH3 is 1. The van der Waals surface area contributed by atoms with Crippen LogP contribution in [0, 0.1) is 13.8 Å². The van der Waals surface area contributed by atoms with Gasteiger partial charge in [-0.1, -0.05) is 59.7 Å². The van der Waals surface area contributed by atoms with E-state index in [0.717, 1.165) is 11.1 Å². The number of aryl methyl sites for hydroxylation is 2. The molecule has 0 aromatic heterocycles. The molecule has 0 aliphatic rings. The molecule has 0 aliphatic heterocycles. The molecule has 0 heterocycles. The number of hydrogen-bond acceptors (Lipinski definition) is 4. The van der Waals surface area contributed by atoms with E-state index in [1.807, 2.05) is 32.0 Å². The number of phenolic OH excluding ortho intramolecular Hbond substituents is 1. The van der Waals surface area contributed by atoms with E-state index in [-0.39, 0.29) is 16.4 Å². The summed E-state index contributed by atoms with van der Waals surface area (Å²) in [6, 6.07) is 19.0. The van der Waals surface area contributed by atoms with E-state index in [4.69, 9.17) is 4.74 Å². The highest BCUT2D eigenvalue weighted by atomic mass is 32.2. The lowest BCUT2D eigenvalue weighted by atomic mass is 10.0. The molecule has 1 unspecified atom stereocenters. The van der Waals surface area contributed by atoms with Gasteiger partial charge >= 0.3 is 0 Å². The van der Waals surface area contributed by atoms with Gasteiger partial charge in [0.1, 0.15) is 5.25 Å². The van der Waals surface area contributed by atoms with E-state index in [9.17, 15) is 13.5 Å². The van der Waals surface area contributed by atoms with Crippen molar-refractivity contribution in [1.82, 2.24) is 0 Å². The summed E-state index contributed by atoms with van der Waals surface area (Å²) < 4.78 is 32.3. The number of aromatic hydroxyl groups is 1. The fourth-order valence-electron chi connectivity index (χ4n) is 3.14. The normalized spacial score (nSPS) is 12.6. The zero-order valence-corrected chi connectivity index (χ0v) is 16.3. The van der Waals surface area contributed by atoms with Gasteiger partial charge in [0.25, 0.3) is 0 Å². The maximum Gasteiger partial charge on any atom is 0.189 e. The number of sulfone groups is 1. The summed E-state index contributed by atoms with van der Waals surface area (Å²) in [4.78, 5) is 0.210. The van der Waals surface area contributed by atoms with Gasteiger partial charge in [-0.3, -0.25) is 0 Å². The number of rotatable bonds is 5. The third-order valence-electron chi connectivity index (χ3n) is 4.54. The number of phenols is 1. The Morgan fingerprint density at radius 2 is 1.56 bits per heavy atom. The van der Waals surface area contributed by atoms with Crippen molar-refractivity contribution in [2.45, 2.75) is 24.0 Å². The number of ether oxygens (including phenoxy) is 1. The van der Waals surface area contributed by atoms with Gasteiger partial charge in [0, 0.05) is 5.56 Å². The summed E-state index contributed by atoms with van der Waals surface area (Å²) in [5.74, 6) is 0.0754. The van der Waals surface area contributed by atoms with Crippen molar-refractivity contribution in [2.24, 2.45) is 0 Å². The second-order valence-electron chi connectivity index (χ2n) is 6.55. The van der Waals surface area contributed by atoms with Crippen molar-refractivity contribution in [2.75, 3.05) is 7.11 Å². The minimum atomic E-state index is -3.80. The molecule has 1 N–H and O–H groups in total. The van der Waals surface area contributed by atoms with Gasteiger partial charge in [0.15, 0.2) is 21.3 Å². The Hall–Kier alpha value is -2.79. The highest BCUT2D eigenvalue weighted by Crippen LogP contribution is 2.42. The molecule has 0 radical (unpaired) electrons. The van der Waals surface area contributed by atoms with Crippen molar-refractivity contribution in [3.8, 4) is 11.5 Å². The van der Waals surface area contributed by atoms with Crippen molar-refractivity contribution in [3.63, 3.8) is 0 Å². The lowest BCUT2D eigenvalue weighted by Gasteiger charge is -2.21. The van der Waals surface area contributed by atoms with E-state index < -0.39 is 15.1 Å². The molecule has 3 rings (SSSR count). The predicted octanol–water partition coefficient (Wildman–Crippen LogP) is 4.58. The smallest absolute Gasteiger partial charge is 0.189 e. The zero-order chi connectivity index (χ0) is 19.6. The molecule has 5 heteroatoms. The van der Waals surface area contributed by atoms with Gasteiger partial charge in [-0.2, -0.15) is 0 Å². The number of para-hydroxylation sites is 1. The van der Waals surface area contributed by atoms with Crippen LogP contribution in [0.2, 0.25) is 0 Å². The lowest BCUT2D eigenvalue weighted by Crippen LogP contribution is -2.16. The maximum absolute atomic E-state index is 13.6. The average Bonchev–Trinajstić information content (AvgIpc) is 2.64. The van der Waals surface area contributed by atoms with E-state index in [1.54, 1.807) is 48.5 Å². The van der Waals surface area contributed by atoms with Gasteiger partial charge < -0.3 is 9.84 Å². The largest absolute Gasteiger partial charge is 0.504 e. The first-order valence-electron chi connectivity index (χ1n) is 8.57. The topological polar surface area (TPSA) is 63.6 Å². The Bertz CT molecular complexity index is 1050. The fraction of sp³-hybridized carbons (Fsp3) is 0.182. The van der Waals surface area contributed by atoms with Crippen LogP contribution >= 0.6 is 0 Å². The van der Waals surface area contributed by atoms with Gasteiger partial charge in [-0.15, -0.1) is 0 Å². The standard InChI is InChI=1S/C22H22O4S/c1-15-10-12-18(13-11-15)27(24,25)22(17-7-4-6-16(2)14-17)19-8-5-9-20(26-3)21(19)23/h4-14,22-23H,1-3H3. The van der Waals surface area contributed by atoms with Gasteiger partial charge in [0.2, 0.25) is 0 Å². The molecule has 0 aliphatic carbocycles. The van der Waals surface area contributed by atoms with Crippen LogP contribution in [-0.4, -0.2) is 20.6 Å². The third kappa shape index (κ3) is 3.69. The Balaban J connectivity index is 2.27. The molecule has 0 spiro atoms. The number of hydrogen-bond donors (Lipinski definition) is 1. The van der Waals surface area contributed by atoms with Crippen LogP contribution < -0.4 is 4.74 Å². The Labute approximate surface area is 160 Å². The quantitative estimate of drug-likeness (QED) is 0.701. The Kier molecular flexibility index (Phi) is 5.24. The van der Waals surface area contributed by atoms with Crippen LogP contribution in [0.25, 0.3) is 0 Å². The summed E-state index contributed by atoms with van der Waals surface area (Å²) in [5.41, 5.74) is 2.81. The van der Waals surface area contributed by atoms with E-state index >= 15 is 0 Å². The molecule has 0 bridgehead atoms. The van der Waals surface area contributed by atoms with Crippen molar-refractivity contribution in [1.29, 1.82) is 0 Å². The highest BCUT2D eigenvalue weighted by Gasteiger charge is 2.33. The number of benzene rings is 3. The second kappa shape index (κ2) is 7.45. The van der Waals surface area contributed by atoms with Crippen LogP contribution in [0.4, 0.5) is 0 Å². The second-order valence-corrected chi connectivity index (χ2v) is 8.58. The van der Waals surface area contributed by atoms with Crippen molar-refractivity contribution >= 4 is 9.84 Å². The van der Waals surface area contributed by atoms with Gasteiger partial charge in [0.05, 0.1) is 12.0 Å². The first-order chi connectivity index (χ1) is 12.8.